The van der Waals surface area contributed by atoms with E-state index in [1.165, 1.54) is 0 Å². The average molecular weight is 315 g/mol. The molecule has 0 spiro atoms. The Morgan fingerprint density at radius 1 is 1.47 bits per heavy atom. The highest BCUT2D eigenvalue weighted by Crippen LogP contribution is 1.81. The lowest BCUT2D eigenvalue weighted by Crippen LogP contribution is -2.43. The number of thiol groups is 1. The molecular weight excluding hydrogens is 292 g/mol. The smallest absolute Gasteiger partial charge is 0.321 e. The Bertz CT molecular complexity index is 279. The zero-order chi connectivity index (χ0) is 14.6. The van der Waals surface area contributed by atoms with E-state index in [1.54, 1.807) is 0 Å². The van der Waals surface area contributed by atoms with Crippen molar-refractivity contribution in [2.45, 2.75) is 25.8 Å². The Labute approximate surface area is 124 Å². The number of carboxylic acid groups (broad SMARTS) is 1. The fourth-order valence-corrected chi connectivity index (χ4v) is 0.803. The van der Waals surface area contributed by atoms with Crippen LogP contribution in [0.2, 0.25) is 0 Å². The number of carbonyl (C=O) groups is 1. The predicted molar refractivity (Wildman–Crippen MR) is 82.4 cm³/mol. The number of aliphatic carboxylic acids is 1. The van der Waals surface area contributed by atoms with Crippen molar-refractivity contribution in [3.63, 3.8) is 0 Å². The molecule has 10 heteroatoms. The zero-order valence-corrected chi connectivity index (χ0v) is 12.5. The molecule has 0 aromatic carbocycles. The first kappa shape index (κ1) is 22.9. The molecule has 0 radical (unpaired) electrons. The van der Waals surface area contributed by atoms with Gasteiger partial charge in [0, 0.05) is 12.3 Å². The van der Waals surface area contributed by atoms with Crippen LogP contribution in [0.25, 0.3) is 0 Å². The summed E-state index contributed by atoms with van der Waals surface area (Å²) in [5.41, 5.74) is 9.93. The third-order valence-corrected chi connectivity index (χ3v) is 2.00. The molecule has 0 aliphatic rings. The van der Waals surface area contributed by atoms with Crippen LogP contribution in [0, 0.1) is 10.8 Å². The highest BCUT2D eigenvalue weighted by atomic mass is 35.5. The summed E-state index contributed by atoms with van der Waals surface area (Å²) in [5.74, 6) is -0.935. The molecule has 0 aliphatic heterocycles. The Morgan fingerprint density at radius 2 is 2.00 bits per heavy atom. The first-order valence-corrected chi connectivity index (χ1v) is 6.01. The molecule has 0 rings (SSSR count). The van der Waals surface area contributed by atoms with Gasteiger partial charge in [0.05, 0.1) is 0 Å². The van der Waals surface area contributed by atoms with Gasteiger partial charge in [-0.25, -0.2) is 0 Å². The van der Waals surface area contributed by atoms with E-state index in [-0.39, 0.29) is 30.1 Å². The highest BCUT2D eigenvalue weighted by molar-refractivity contribution is 7.80. The van der Waals surface area contributed by atoms with Crippen molar-refractivity contribution < 1.29 is 9.90 Å². The van der Waals surface area contributed by atoms with Crippen LogP contribution in [-0.2, 0) is 4.79 Å². The number of hydrogen-bond donors (Lipinski definition) is 8. The minimum absolute atomic E-state index is 0. The van der Waals surface area contributed by atoms with E-state index in [1.807, 2.05) is 0 Å². The summed E-state index contributed by atoms with van der Waals surface area (Å²) in [6, 6.07) is -0.816. The Balaban J connectivity index is -0.000000280. The van der Waals surface area contributed by atoms with Crippen molar-refractivity contribution in [2.24, 2.45) is 11.5 Å². The maximum Gasteiger partial charge on any atom is 0.321 e. The molecule has 0 amide bonds. The van der Waals surface area contributed by atoms with Crippen molar-refractivity contribution in [3.05, 3.63) is 0 Å². The second-order valence-corrected chi connectivity index (χ2v) is 3.69. The molecule has 0 saturated heterocycles. The number of halogens is 1. The maximum atomic E-state index is 9.76. The van der Waals surface area contributed by atoms with Gasteiger partial charge in [0.15, 0.2) is 11.9 Å². The van der Waals surface area contributed by atoms with Crippen LogP contribution in [0.1, 0.15) is 19.8 Å². The second-order valence-electron chi connectivity index (χ2n) is 3.32. The van der Waals surface area contributed by atoms with E-state index in [0.717, 1.165) is 19.4 Å². The minimum Gasteiger partial charge on any atom is -0.480 e. The van der Waals surface area contributed by atoms with Gasteiger partial charge in [0.1, 0.15) is 6.04 Å². The molecule has 0 bridgehead atoms. The van der Waals surface area contributed by atoms with E-state index < -0.39 is 12.0 Å². The topological polar surface area (TPSA) is 161 Å². The number of nitrogens with one attached hydrogen (secondary N) is 4. The lowest BCUT2D eigenvalue weighted by atomic mass is 10.3. The second kappa shape index (κ2) is 14.9. The van der Waals surface area contributed by atoms with E-state index in [0.29, 0.717) is 0 Å². The molecular formula is C9H23ClN6O2S. The van der Waals surface area contributed by atoms with Gasteiger partial charge in [-0.3, -0.25) is 20.9 Å². The largest absolute Gasteiger partial charge is 0.480 e. The van der Waals surface area contributed by atoms with Gasteiger partial charge in [-0.1, -0.05) is 13.3 Å². The molecule has 0 saturated carbocycles. The summed E-state index contributed by atoms with van der Waals surface area (Å²) in [7, 11) is 0. The molecule has 9 N–H and O–H groups in total. The maximum absolute atomic E-state index is 9.76. The molecule has 0 aliphatic carbocycles. The molecule has 0 heterocycles. The van der Waals surface area contributed by atoms with Gasteiger partial charge in [-0.2, -0.15) is 12.6 Å². The molecule has 1 unspecified atom stereocenters. The lowest BCUT2D eigenvalue weighted by molar-refractivity contribution is -0.137. The van der Waals surface area contributed by atoms with Gasteiger partial charge in [-0.15, -0.1) is 12.4 Å². The normalized spacial score (nSPS) is 10.1. The van der Waals surface area contributed by atoms with Crippen LogP contribution in [0.5, 0.6) is 0 Å². The molecule has 19 heavy (non-hydrogen) atoms. The summed E-state index contributed by atoms with van der Waals surface area (Å²) in [4.78, 5) is 9.76. The Morgan fingerprint density at radius 3 is 2.26 bits per heavy atom. The Hall–Kier alpha value is -1.19. The van der Waals surface area contributed by atoms with E-state index in [2.05, 4.69) is 30.2 Å². The Kier molecular flexibility index (Phi) is 18.0. The standard InChI is InChI=1S/C6H15N5.C3H7NO2S.ClH/c1-2-3-4-10-6(9)11-5(7)8;4-2(1-7)3(5)6;/h2-4H2,1H3,(H6,7,8,9,10,11);2,7H,1,4H2,(H,5,6);1H. The van der Waals surface area contributed by atoms with Crippen LogP contribution in [-0.4, -0.2) is 41.3 Å². The fraction of sp³-hybridized carbons (Fsp3) is 0.667. The van der Waals surface area contributed by atoms with Crippen LogP contribution in [0.4, 0.5) is 0 Å². The van der Waals surface area contributed by atoms with Crippen LogP contribution in [0.3, 0.4) is 0 Å². The van der Waals surface area contributed by atoms with E-state index in [4.69, 9.17) is 27.4 Å². The number of hydrogen-bond acceptors (Lipinski definition) is 5. The summed E-state index contributed by atoms with van der Waals surface area (Å²) in [6.07, 6.45) is 2.10. The number of guanidine groups is 2. The lowest BCUT2D eigenvalue weighted by Gasteiger charge is -2.06. The van der Waals surface area contributed by atoms with Crippen molar-refractivity contribution in [3.8, 4) is 0 Å². The van der Waals surface area contributed by atoms with Crippen LogP contribution < -0.4 is 22.1 Å². The molecule has 0 aromatic heterocycles. The number of rotatable bonds is 5. The molecule has 0 aromatic rings. The first-order chi connectivity index (χ1) is 8.34. The average Bonchev–Trinajstić information content (AvgIpc) is 2.28. The van der Waals surface area contributed by atoms with Gasteiger partial charge in [0.25, 0.3) is 0 Å². The first-order valence-electron chi connectivity index (χ1n) is 5.37. The molecule has 0 fully saturated rings. The van der Waals surface area contributed by atoms with Crippen molar-refractivity contribution in [1.82, 2.24) is 10.6 Å². The summed E-state index contributed by atoms with van der Waals surface area (Å²) in [5, 5.41) is 27.1. The van der Waals surface area contributed by atoms with E-state index in [9.17, 15) is 4.79 Å². The molecule has 1 atom stereocenters. The number of unbranched alkanes of at least 4 members (excludes halogenated alkanes) is 1. The summed E-state index contributed by atoms with van der Waals surface area (Å²) in [6.45, 7) is 2.82. The van der Waals surface area contributed by atoms with Gasteiger partial charge in [0.2, 0.25) is 0 Å². The number of carboxylic acids is 1. The molecule has 8 nitrogen and oxygen atoms in total. The fourth-order valence-electron chi connectivity index (χ4n) is 0.647. The molecule has 114 valence electrons. The third kappa shape index (κ3) is 19.3. The van der Waals surface area contributed by atoms with Crippen LogP contribution >= 0.6 is 25.0 Å². The predicted octanol–water partition coefficient (Wildman–Crippen LogP) is -0.456. The van der Waals surface area contributed by atoms with Crippen LogP contribution in [0.15, 0.2) is 0 Å². The van der Waals surface area contributed by atoms with Gasteiger partial charge < -0.3 is 21.9 Å². The minimum atomic E-state index is -1.00. The quantitative estimate of drug-likeness (QED) is 0.148. The highest BCUT2D eigenvalue weighted by Gasteiger charge is 2.06. The SMILES string of the molecule is CCCCNC(=N)NC(=N)N.Cl.NC(CS)C(=O)O. The summed E-state index contributed by atoms with van der Waals surface area (Å²) >= 11 is 3.65. The summed E-state index contributed by atoms with van der Waals surface area (Å²) < 4.78 is 0. The van der Waals surface area contributed by atoms with E-state index >= 15 is 0 Å². The van der Waals surface area contributed by atoms with Crippen molar-refractivity contribution >= 4 is 42.9 Å². The van der Waals surface area contributed by atoms with Crippen molar-refractivity contribution in [2.75, 3.05) is 12.3 Å². The monoisotopic (exact) mass is 314 g/mol. The number of nitrogens with two attached hydrogens (primary N) is 2. The third-order valence-electron chi connectivity index (χ3n) is 1.61. The van der Waals surface area contributed by atoms with Crippen molar-refractivity contribution in [1.29, 1.82) is 10.8 Å². The van der Waals surface area contributed by atoms with Gasteiger partial charge in [-0.05, 0) is 6.42 Å². The van der Waals surface area contributed by atoms with Gasteiger partial charge >= 0.3 is 5.97 Å². The zero-order valence-electron chi connectivity index (χ0n) is 10.8.